The molecule has 5 heteroatoms. The van der Waals surface area contributed by atoms with Gasteiger partial charge >= 0.3 is 6.09 Å². The Balaban J connectivity index is 1.78. The molecule has 2 N–H and O–H groups in total. The molecule has 5 nitrogen and oxygen atoms in total. The number of nitrogens with one attached hydrogen (secondary N) is 2. The molecule has 0 radical (unpaired) electrons. The molecule has 0 heterocycles. The summed E-state index contributed by atoms with van der Waals surface area (Å²) in [5, 5.41) is 5.41. The molecule has 2 rings (SSSR count). The Morgan fingerprint density at radius 2 is 1.75 bits per heavy atom. The molecule has 2 amide bonds. The van der Waals surface area contributed by atoms with Gasteiger partial charge in [-0.2, -0.15) is 0 Å². The molecular weight excluding hydrogens is 304 g/mol. The van der Waals surface area contributed by atoms with Crippen molar-refractivity contribution in [3.63, 3.8) is 0 Å². The zero-order chi connectivity index (χ0) is 17.2. The van der Waals surface area contributed by atoms with Crippen LogP contribution in [0.25, 0.3) is 6.08 Å². The summed E-state index contributed by atoms with van der Waals surface area (Å²) in [5.41, 5.74) is 2.53. The molecule has 0 unspecified atom stereocenters. The Morgan fingerprint density at radius 3 is 2.50 bits per heavy atom. The number of benzene rings is 2. The highest BCUT2D eigenvalue weighted by Gasteiger charge is 2.01. The van der Waals surface area contributed by atoms with Crippen molar-refractivity contribution in [2.24, 2.45) is 0 Å². The zero-order valence-corrected chi connectivity index (χ0v) is 13.5. The van der Waals surface area contributed by atoms with Crippen LogP contribution in [0.5, 0.6) is 0 Å². The number of para-hydroxylation sites is 1. The van der Waals surface area contributed by atoms with Gasteiger partial charge in [-0.1, -0.05) is 60.7 Å². The summed E-state index contributed by atoms with van der Waals surface area (Å²) in [7, 11) is 0. The second-order valence-corrected chi connectivity index (χ2v) is 5.11. The van der Waals surface area contributed by atoms with Gasteiger partial charge < -0.3 is 15.4 Å². The van der Waals surface area contributed by atoms with Gasteiger partial charge in [-0.05, 0) is 17.2 Å². The summed E-state index contributed by atoms with van der Waals surface area (Å²) in [5.74, 6) is -0.126. The molecule has 0 spiro atoms. The van der Waals surface area contributed by atoms with E-state index in [0.717, 1.165) is 16.8 Å². The van der Waals surface area contributed by atoms with E-state index in [1.54, 1.807) is 6.08 Å². The number of rotatable bonds is 6. The number of carbonyl (C=O) groups excluding carboxylic acids is 2. The fourth-order valence-corrected chi connectivity index (χ4v) is 2.05. The maximum atomic E-state index is 11.6. The van der Waals surface area contributed by atoms with Crippen LogP contribution < -0.4 is 10.6 Å². The van der Waals surface area contributed by atoms with Crippen LogP contribution in [0.15, 0.2) is 60.7 Å². The molecule has 0 atom stereocenters. The molecule has 0 saturated heterocycles. The third-order valence-corrected chi connectivity index (χ3v) is 3.15. The number of hydrogen-bond acceptors (Lipinski definition) is 3. The molecule has 0 aliphatic heterocycles. The smallest absolute Gasteiger partial charge is 0.407 e. The summed E-state index contributed by atoms with van der Waals surface area (Å²) in [4.78, 5) is 22.8. The predicted octanol–water partition coefficient (Wildman–Crippen LogP) is 3.58. The minimum Gasteiger partial charge on any atom is -0.445 e. The topological polar surface area (TPSA) is 67.4 Å². The van der Waals surface area contributed by atoms with Crippen LogP contribution in [0, 0.1) is 0 Å². The standard InChI is InChI=1S/C19H20N2O3/c1-15(22)21-18-12-6-5-10-17(18)11-7-13-20-19(23)24-14-16-8-3-2-4-9-16/h2-12H,13-14H2,1H3,(H,20,23)(H,21,22). The molecular formula is C19H20N2O3. The van der Waals surface area contributed by atoms with Gasteiger partial charge in [0.15, 0.2) is 0 Å². The minimum atomic E-state index is -0.473. The number of ether oxygens (including phenoxy) is 1. The van der Waals surface area contributed by atoms with E-state index >= 15 is 0 Å². The fraction of sp³-hybridized carbons (Fsp3) is 0.158. The summed E-state index contributed by atoms with van der Waals surface area (Å²) in [6.45, 7) is 2.04. The maximum Gasteiger partial charge on any atom is 0.407 e. The van der Waals surface area contributed by atoms with Crippen LogP contribution in [0.2, 0.25) is 0 Å². The van der Waals surface area contributed by atoms with E-state index in [1.807, 2.05) is 60.7 Å². The Morgan fingerprint density at radius 1 is 1.04 bits per heavy atom. The van der Waals surface area contributed by atoms with Crippen LogP contribution in [0.3, 0.4) is 0 Å². The number of hydrogen-bond donors (Lipinski definition) is 2. The normalized spacial score (nSPS) is 10.4. The van der Waals surface area contributed by atoms with Gasteiger partial charge in [-0.3, -0.25) is 4.79 Å². The van der Waals surface area contributed by atoms with Gasteiger partial charge in [0.25, 0.3) is 0 Å². The molecule has 0 aromatic heterocycles. The average Bonchev–Trinajstić information content (AvgIpc) is 2.58. The number of amides is 2. The highest BCUT2D eigenvalue weighted by Crippen LogP contribution is 2.16. The molecule has 0 aliphatic rings. The van der Waals surface area contributed by atoms with Crippen molar-refractivity contribution in [3.05, 3.63) is 71.8 Å². The maximum absolute atomic E-state index is 11.6. The van der Waals surface area contributed by atoms with Crippen molar-refractivity contribution >= 4 is 23.8 Å². The lowest BCUT2D eigenvalue weighted by atomic mass is 10.1. The van der Waals surface area contributed by atoms with Crippen molar-refractivity contribution in [3.8, 4) is 0 Å². The first kappa shape index (κ1) is 17.3. The van der Waals surface area contributed by atoms with E-state index in [2.05, 4.69) is 10.6 Å². The third-order valence-electron chi connectivity index (χ3n) is 3.15. The van der Waals surface area contributed by atoms with Crippen LogP contribution in [-0.4, -0.2) is 18.5 Å². The highest BCUT2D eigenvalue weighted by molar-refractivity contribution is 5.91. The summed E-state index contributed by atoms with van der Waals surface area (Å²) in [6.07, 6.45) is 3.16. The second-order valence-electron chi connectivity index (χ2n) is 5.11. The van der Waals surface area contributed by atoms with Gasteiger partial charge in [-0.25, -0.2) is 4.79 Å². The minimum absolute atomic E-state index is 0.126. The Kier molecular flexibility index (Phi) is 6.58. The molecule has 2 aromatic carbocycles. The number of anilines is 1. The van der Waals surface area contributed by atoms with Crippen molar-refractivity contribution in [1.82, 2.24) is 5.32 Å². The number of alkyl carbamates (subject to hydrolysis) is 1. The summed E-state index contributed by atoms with van der Waals surface area (Å²) >= 11 is 0. The zero-order valence-electron chi connectivity index (χ0n) is 13.5. The van der Waals surface area contributed by atoms with Crippen LogP contribution >= 0.6 is 0 Å². The van der Waals surface area contributed by atoms with Crippen molar-refractivity contribution in [2.45, 2.75) is 13.5 Å². The second kappa shape index (κ2) is 9.15. The molecule has 0 aliphatic carbocycles. The first-order chi connectivity index (χ1) is 11.6. The fourth-order valence-electron chi connectivity index (χ4n) is 2.05. The monoisotopic (exact) mass is 324 g/mol. The van der Waals surface area contributed by atoms with E-state index < -0.39 is 6.09 Å². The molecule has 2 aromatic rings. The molecule has 0 fully saturated rings. The van der Waals surface area contributed by atoms with Gasteiger partial charge in [0.05, 0.1) is 0 Å². The number of carbonyl (C=O) groups is 2. The Labute approximate surface area is 141 Å². The Bertz CT molecular complexity index is 712. The molecule has 0 bridgehead atoms. The van der Waals surface area contributed by atoms with Gasteiger partial charge in [0, 0.05) is 19.2 Å². The van der Waals surface area contributed by atoms with E-state index in [-0.39, 0.29) is 12.5 Å². The third kappa shape index (κ3) is 5.96. The first-order valence-electron chi connectivity index (χ1n) is 7.63. The first-order valence-corrected chi connectivity index (χ1v) is 7.63. The lowest BCUT2D eigenvalue weighted by molar-refractivity contribution is -0.114. The molecule has 24 heavy (non-hydrogen) atoms. The van der Waals surface area contributed by atoms with Crippen molar-refractivity contribution in [2.75, 3.05) is 11.9 Å². The molecule has 124 valence electrons. The van der Waals surface area contributed by atoms with Gasteiger partial charge in [0.1, 0.15) is 6.61 Å². The van der Waals surface area contributed by atoms with E-state index in [0.29, 0.717) is 6.54 Å². The Hall–Kier alpha value is -3.08. The van der Waals surface area contributed by atoms with Crippen LogP contribution in [0.4, 0.5) is 10.5 Å². The van der Waals surface area contributed by atoms with E-state index in [1.165, 1.54) is 6.92 Å². The summed E-state index contributed by atoms with van der Waals surface area (Å²) in [6, 6.07) is 16.9. The predicted molar refractivity (Wildman–Crippen MR) is 94.4 cm³/mol. The van der Waals surface area contributed by atoms with Crippen molar-refractivity contribution in [1.29, 1.82) is 0 Å². The quantitative estimate of drug-likeness (QED) is 0.853. The average molecular weight is 324 g/mol. The SMILES string of the molecule is CC(=O)Nc1ccccc1C=CCNC(=O)OCc1ccccc1. The van der Waals surface area contributed by atoms with Crippen LogP contribution in [-0.2, 0) is 16.1 Å². The largest absolute Gasteiger partial charge is 0.445 e. The summed E-state index contributed by atoms with van der Waals surface area (Å²) < 4.78 is 5.12. The van der Waals surface area contributed by atoms with Gasteiger partial charge in [0.2, 0.25) is 5.91 Å². The van der Waals surface area contributed by atoms with Crippen LogP contribution in [0.1, 0.15) is 18.1 Å². The lowest BCUT2D eigenvalue weighted by Crippen LogP contribution is -2.24. The lowest BCUT2D eigenvalue weighted by Gasteiger charge is -2.07. The van der Waals surface area contributed by atoms with Gasteiger partial charge in [-0.15, -0.1) is 0 Å². The molecule has 0 saturated carbocycles. The highest BCUT2D eigenvalue weighted by atomic mass is 16.5. The van der Waals surface area contributed by atoms with E-state index in [4.69, 9.17) is 4.74 Å². The van der Waals surface area contributed by atoms with E-state index in [9.17, 15) is 9.59 Å². The van der Waals surface area contributed by atoms with Crippen molar-refractivity contribution < 1.29 is 14.3 Å².